The molecule has 2 aliphatic rings. The van der Waals surface area contributed by atoms with Crippen molar-refractivity contribution in [2.24, 2.45) is 0 Å². The number of unbranched alkanes of at least 4 members (excludes halogenated alkanes) is 1. The highest BCUT2D eigenvalue weighted by atomic mass is 35.5. The SMILES string of the molecule is CCOc1ccccc1N1CCN(CCCCC2CN(c3ccccc3)C(=O)O2)CC1.Cl.O. The minimum Gasteiger partial charge on any atom is -0.492 e. The van der Waals surface area contributed by atoms with E-state index in [0.29, 0.717) is 13.2 Å². The standard InChI is InChI=1S/C25H33N3O3.ClH.H2O/c1-2-30-24-14-7-6-13-23(24)27-18-16-26(17-19-27)15-9-8-12-22-20-28(25(29)31-22)21-10-4-3-5-11-21;;/h3-7,10-11,13-14,22H,2,8-9,12,15-20H2,1H3;1H;1H2. The molecule has 0 bridgehead atoms. The number of cyclic esters (lactones) is 1. The van der Waals surface area contributed by atoms with Crippen LogP contribution in [-0.2, 0) is 4.74 Å². The molecule has 2 N–H and O–H groups in total. The van der Waals surface area contributed by atoms with E-state index in [1.165, 1.54) is 5.69 Å². The van der Waals surface area contributed by atoms with Gasteiger partial charge in [-0.1, -0.05) is 30.3 Å². The van der Waals surface area contributed by atoms with Gasteiger partial charge in [0, 0.05) is 31.9 Å². The highest BCUT2D eigenvalue weighted by Crippen LogP contribution is 2.29. The van der Waals surface area contributed by atoms with Crippen LogP contribution in [0, 0.1) is 0 Å². The summed E-state index contributed by atoms with van der Waals surface area (Å²) in [6, 6.07) is 18.1. The lowest BCUT2D eigenvalue weighted by atomic mass is 10.1. The zero-order valence-corrected chi connectivity index (χ0v) is 20.1. The van der Waals surface area contributed by atoms with Gasteiger partial charge < -0.3 is 19.8 Å². The van der Waals surface area contributed by atoms with Crippen LogP contribution in [0.2, 0.25) is 0 Å². The number of carbonyl (C=O) groups is 1. The Morgan fingerprint density at radius 2 is 1.67 bits per heavy atom. The van der Waals surface area contributed by atoms with Crippen molar-refractivity contribution < 1.29 is 19.7 Å². The number of halogens is 1. The molecule has 1 atom stereocenters. The van der Waals surface area contributed by atoms with Crippen LogP contribution in [0.15, 0.2) is 54.6 Å². The van der Waals surface area contributed by atoms with E-state index in [4.69, 9.17) is 9.47 Å². The van der Waals surface area contributed by atoms with Crippen LogP contribution >= 0.6 is 12.4 Å². The van der Waals surface area contributed by atoms with Crippen LogP contribution in [0.25, 0.3) is 0 Å². The average Bonchev–Trinajstić information content (AvgIpc) is 3.19. The minimum absolute atomic E-state index is 0. The first kappa shape index (κ1) is 26.8. The van der Waals surface area contributed by atoms with Gasteiger partial charge in [0.15, 0.2) is 0 Å². The van der Waals surface area contributed by atoms with Gasteiger partial charge in [0.2, 0.25) is 0 Å². The first-order valence-corrected chi connectivity index (χ1v) is 11.5. The summed E-state index contributed by atoms with van der Waals surface area (Å²) in [4.78, 5) is 18.9. The van der Waals surface area contributed by atoms with Gasteiger partial charge in [0.05, 0.1) is 18.8 Å². The van der Waals surface area contributed by atoms with Gasteiger partial charge in [-0.25, -0.2) is 4.79 Å². The molecule has 8 heteroatoms. The summed E-state index contributed by atoms with van der Waals surface area (Å²) in [5.41, 5.74) is 2.12. The van der Waals surface area contributed by atoms with E-state index >= 15 is 0 Å². The van der Waals surface area contributed by atoms with E-state index in [-0.39, 0.29) is 30.1 Å². The number of hydrogen-bond acceptors (Lipinski definition) is 5. The fraction of sp³-hybridized carbons (Fsp3) is 0.480. The molecule has 7 nitrogen and oxygen atoms in total. The Balaban J connectivity index is 0.00000193. The van der Waals surface area contributed by atoms with Crippen LogP contribution in [-0.4, -0.2) is 68.4 Å². The molecule has 182 valence electrons. The van der Waals surface area contributed by atoms with Crippen molar-refractivity contribution in [2.45, 2.75) is 32.3 Å². The van der Waals surface area contributed by atoms with E-state index in [1.54, 1.807) is 4.90 Å². The molecular weight excluding hydrogens is 442 g/mol. The zero-order valence-electron chi connectivity index (χ0n) is 19.3. The van der Waals surface area contributed by atoms with Crippen LogP contribution in [0.4, 0.5) is 16.2 Å². The molecule has 4 rings (SSSR count). The van der Waals surface area contributed by atoms with Gasteiger partial charge in [-0.2, -0.15) is 0 Å². The summed E-state index contributed by atoms with van der Waals surface area (Å²) in [5, 5.41) is 0. The largest absolute Gasteiger partial charge is 0.492 e. The third kappa shape index (κ3) is 7.00. The molecule has 0 spiro atoms. The van der Waals surface area contributed by atoms with Crippen LogP contribution in [0.5, 0.6) is 5.75 Å². The van der Waals surface area contributed by atoms with Crippen molar-refractivity contribution in [3.8, 4) is 5.75 Å². The van der Waals surface area contributed by atoms with E-state index < -0.39 is 0 Å². The highest BCUT2D eigenvalue weighted by molar-refractivity contribution is 5.89. The summed E-state index contributed by atoms with van der Waals surface area (Å²) >= 11 is 0. The normalized spacial score (nSPS) is 18.3. The van der Waals surface area contributed by atoms with Crippen LogP contribution in [0.3, 0.4) is 0 Å². The Kier molecular flexibility index (Phi) is 10.8. The smallest absolute Gasteiger partial charge is 0.414 e. The van der Waals surface area contributed by atoms with Crippen molar-refractivity contribution in [2.75, 3.05) is 55.7 Å². The van der Waals surface area contributed by atoms with Gasteiger partial charge in [-0.15, -0.1) is 12.4 Å². The molecule has 2 fully saturated rings. The molecule has 0 saturated carbocycles. The number of carbonyl (C=O) groups excluding carboxylic acids is 1. The Hall–Kier alpha value is -2.48. The molecule has 2 aromatic rings. The number of amides is 1. The average molecular weight is 478 g/mol. The fourth-order valence-corrected chi connectivity index (χ4v) is 4.41. The summed E-state index contributed by atoms with van der Waals surface area (Å²) in [7, 11) is 0. The summed E-state index contributed by atoms with van der Waals surface area (Å²) in [6.45, 7) is 8.66. The van der Waals surface area contributed by atoms with Gasteiger partial charge in [-0.05, 0) is 57.0 Å². The summed E-state index contributed by atoms with van der Waals surface area (Å²) in [6.07, 6.45) is 2.92. The third-order valence-electron chi connectivity index (χ3n) is 6.07. The van der Waals surface area contributed by atoms with Gasteiger partial charge >= 0.3 is 6.09 Å². The van der Waals surface area contributed by atoms with E-state index in [9.17, 15) is 4.79 Å². The molecule has 2 heterocycles. The second-order valence-electron chi connectivity index (χ2n) is 8.18. The van der Waals surface area contributed by atoms with E-state index in [0.717, 1.165) is 63.4 Å². The maximum atomic E-state index is 12.2. The van der Waals surface area contributed by atoms with Crippen molar-refractivity contribution in [3.05, 3.63) is 54.6 Å². The third-order valence-corrected chi connectivity index (χ3v) is 6.07. The van der Waals surface area contributed by atoms with Gasteiger partial charge in [-0.3, -0.25) is 9.80 Å². The molecule has 0 aliphatic carbocycles. The number of hydrogen-bond donors (Lipinski definition) is 0. The van der Waals surface area contributed by atoms with E-state index in [1.807, 2.05) is 43.3 Å². The molecule has 1 unspecified atom stereocenters. The molecule has 2 saturated heterocycles. The number of ether oxygens (including phenoxy) is 2. The number of anilines is 2. The monoisotopic (exact) mass is 477 g/mol. The molecular formula is C25H36ClN3O4. The van der Waals surface area contributed by atoms with Gasteiger partial charge in [0.25, 0.3) is 0 Å². The maximum Gasteiger partial charge on any atom is 0.414 e. The predicted octanol–water partition coefficient (Wildman–Crippen LogP) is 4.00. The first-order valence-electron chi connectivity index (χ1n) is 11.5. The molecule has 33 heavy (non-hydrogen) atoms. The van der Waals surface area contributed by atoms with Crippen molar-refractivity contribution >= 4 is 29.9 Å². The maximum absolute atomic E-state index is 12.2. The lowest BCUT2D eigenvalue weighted by Crippen LogP contribution is -2.46. The Labute approximate surface area is 203 Å². The number of nitrogens with zero attached hydrogens (tertiary/aromatic N) is 3. The lowest BCUT2D eigenvalue weighted by Gasteiger charge is -2.36. The number of para-hydroxylation sites is 3. The fourth-order valence-electron chi connectivity index (χ4n) is 4.41. The second kappa shape index (κ2) is 13.3. The Morgan fingerprint density at radius 3 is 2.39 bits per heavy atom. The lowest BCUT2D eigenvalue weighted by molar-refractivity contribution is 0.134. The summed E-state index contributed by atoms with van der Waals surface area (Å²) in [5.74, 6) is 0.981. The topological polar surface area (TPSA) is 76.8 Å². The Bertz CT molecular complexity index is 847. The molecule has 0 aromatic heterocycles. The van der Waals surface area contributed by atoms with Crippen molar-refractivity contribution in [1.82, 2.24) is 4.90 Å². The van der Waals surface area contributed by atoms with E-state index in [2.05, 4.69) is 28.0 Å². The zero-order chi connectivity index (χ0) is 21.5. The first-order chi connectivity index (χ1) is 15.2. The van der Waals surface area contributed by atoms with Crippen LogP contribution < -0.4 is 14.5 Å². The highest BCUT2D eigenvalue weighted by Gasteiger charge is 2.31. The second-order valence-corrected chi connectivity index (χ2v) is 8.18. The van der Waals surface area contributed by atoms with Crippen molar-refractivity contribution in [1.29, 1.82) is 0 Å². The number of rotatable bonds is 9. The molecule has 0 radical (unpaired) electrons. The minimum atomic E-state index is -0.223. The molecule has 2 aliphatic heterocycles. The number of piperazine rings is 1. The molecule has 2 aromatic carbocycles. The molecule has 1 amide bonds. The predicted molar refractivity (Wildman–Crippen MR) is 135 cm³/mol. The number of benzene rings is 2. The van der Waals surface area contributed by atoms with Crippen molar-refractivity contribution in [3.63, 3.8) is 0 Å². The van der Waals surface area contributed by atoms with Gasteiger partial charge in [0.1, 0.15) is 11.9 Å². The summed E-state index contributed by atoms with van der Waals surface area (Å²) < 4.78 is 11.4. The van der Waals surface area contributed by atoms with Crippen LogP contribution in [0.1, 0.15) is 26.2 Å². The quantitative estimate of drug-likeness (QED) is 0.510. The Morgan fingerprint density at radius 1 is 0.970 bits per heavy atom.